The third-order valence-corrected chi connectivity index (χ3v) is 4.21. The molecule has 1 saturated heterocycles. The second-order valence-electron chi connectivity index (χ2n) is 6.02. The molecule has 2 aromatic heterocycles. The number of carbonyl (C=O) groups excluding carboxylic acids is 1. The van der Waals surface area contributed by atoms with Crippen molar-refractivity contribution >= 4 is 30.5 Å². The lowest BCUT2D eigenvalue weighted by molar-refractivity contribution is -0.126. The van der Waals surface area contributed by atoms with Crippen molar-refractivity contribution in [1.82, 2.24) is 24.4 Å². The molecular formula is C14H23N6O5P. The number of hydrogen-bond acceptors (Lipinski definition) is 7. The minimum absolute atomic E-state index is 0.285. The molecule has 1 aliphatic rings. The molecule has 3 rings (SSSR count). The lowest BCUT2D eigenvalue weighted by atomic mass is 10.4. The Bertz CT molecular complexity index is 806. The molecule has 3 heterocycles. The number of amides is 1. The lowest BCUT2D eigenvalue weighted by Crippen LogP contribution is -2.17. The Balaban J connectivity index is 0.000000290. The maximum Gasteiger partial charge on any atom is 0.350 e. The summed E-state index contributed by atoms with van der Waals surface area (Å²) in [6, 6.07) is 0. The average molecular weight is 386 g/mol. The van der Waals surface area contributed by atoms with E-state index in [-0.39, 0.29) is 5.82 Å². The Morgan fingerprint density at radius 3 is 2.65 bits per heavy atom. The summed E-state index contributed by atoms with van der Waals surface area (Å²) in [7, 11) is -2.32. The number of fused-ring (bicyclic) bond motifs is 1. The Morgan fingerprint density at radius 1 is 1.38 bits per heavy atom. The van der Waals surface area contributed by atoms with Crippen molar-refractivity contribution < 1.29 is 23.9 Å². The molecule has 11 nitrogen and oxygen atoms in total. The molecule has 12 heteroatoms. The largest absolute Gasteiger partial charge is 0.382 e. The van der Waals surface area contributed by atoms with E-state index in [4.69, 9.17) is 20.3 Å². The zero-order valence-electron chi connectivity index (χ0n) is 14.6. The van der Waals surface area contributed by atoms with Crippen molar-refractivity contribution in [2.45, 2.75) is 32.4 Å². The minimum Gasteiger partial charge on any atom is -0.382 e. The first-order chi connectivity index (χ1) is 12.2. The zero-order chi connectivity index (χ0) is 19.3. The molecule has 1 amide bonds. The van der Waals surface area contributed by atoms with Crippen LogP contribution in [0.15, 0.2) is 12.7 Å². The van der Waals surface area contributed by atoms with Crippen molar-refractivity contribution in [2.24, 2.45) is 0 Å². The van der Waals surface area contributed by atoms with E-state index in [1.807, 2.05) is 7.05 Å². The molecule has 0 aromatic carbocycles. The van der Waals surface area contributed by atoms with Gasteiger partial charge in [-0.3, -0.25) is 9.36 Å². The number of hydrogen-bond donors (Lipinski definition) is 3. The number of nitrogen functional groups attached to an aromatic ring is 1. The van der Waals surface area contributed by atoms with E-state index >= 15 is 0 Å². The van der Waals surface area contributed by atoms with Gasteiger partial charge in [0.1, 0.15) is 18.2 Å². The Labute approximate surface area is 150 Å². The maximum absolute atomic E-state index is 10.7. The number of aromatic nitrogens is 4. The number of nitrogens with zero attached hydrogens (tertiary/aromatic N) is 5. The minimum atomic E-state index is -4.16. The van der Waals surface area contributed by atoms with Crippen LogP contribution in [0.2, 0.25) is 0 Å². The second kappa shape index (κ2) is 8.54. The Kier molecular flexibility index (Phi) is 6.65. The van der Waals surface area contributed by atoms with Gasteiger partial charge in [0.2, 0.25) is 5.91 Å². The highest BCUT2D eigenvalue weighted by atomic mass is 31.2. The van der Waals surface area contributed by atoms with E-state index < -0.39 is 20.0 Å². The third-order valence-electron chi connectivity index (χ3n) is 3.72. The first-order valence-corrected chi connectivity index (χ1v) is 9.78. The first kappa shape index (κ1) is 20.2. The van der Waals surface area contributed by atoms with Crippen LogP contribution in [0.3, 0.4) is 0 Å². The van der Waals surface area contributed by atoms with Gasteiger partial charge in [-0.25, -0.2) is 15.0 Å². The zero-order valence-corrected chi connectivity index (χ0v) is 15.5. The van der Waals surface area contributed by atoms with Gasteiger partial charge in [0.25, 0.3) is 0 Å². The molecular weight excluding hydrogens is 363 g/mol. The van der Waals surface area contributed by atoms with Crippen molar-refractivity contribution in [3.63, 3.8) is 0 Å². The molecule has 0 spiro atoms. The number of rotatable bonds is 5. The van der Waals surface area contributed by atoms with Gasteiger partial charge in [0.15, 0.2) is 11.5 Å². The summed E-state index contributed by atoms with van der Waals surface area (Å²) in [4.78, 5) is 41.7. The van der Waals surface area contributed by atoms with Gasteiger partial charge < -0.3 is 29.7 Å². The molecule has 0 bridgehead atoms. The molecule has 1 unspecified atom stereocenters. The van der Waals surface area contributed by atoms with E-state index in [1.165, 1.54) is 12.7 Å². The van der Waals surface area contributed by atoms with Crippen molar-refractivity contribution in [1.29, 1.82) is 0 Å². The summed E-state index contributed by atoms with van der Waals surface area (Å²) < 4.78 is 17.5. The third kappa shape index (κ3) is 5.73. The van der Waals surface area contributed by atoms with Gasteiger partial charge in [-0.1, -0.05) is 0 Å². The fourth-order valence-corrected chi connectivity index (χ4v) is 2.82. The van der Waals surface area contributed by atoms with E-state index in [1.54, 1.807) is 16.4 Å². The molecule has 26 heavy (non-hydrogen) atoms. The van der Waals surface area contributed by atoms with Crippen LogP contribution in [0.1, 0.15) is 19.8 Å². The summed E-state index contributed by atoms with van der Waals surface area (Å²) >= 11 is 0. The molecule has 4 N–H and O–H groups in total. The number of likely N-dealkylation sites (tertiary alicyclic amines) is 1. The number of anilines is 1. The first-order valence-electron chi connectivity index (χ1n) is 7.99. The summed E-state index contributed by atoms with van der Waals surface area (Å²) in [6.07, 6.45) is 3.66. The molecule has 1 aliphatic heterocycles. The summed E-state index contributed by atoms with van der Waals surface area (Å²) in [5.74, 6) is 0.576. The SMILES string of the molecule is CC(Cn1cnc2c(N)ncnc21)OCP(=O)(O)O.CN1CCCC1=O. The van der Waals surface area contributed by atoms with Gasteiger partial charge in [0.05, 0.1) is 19.0 Å². The van der Waals surface area contributed by atoms with Crippen LogP contribution >= 0.6 is 7.60 Å². The van der Waals surface area contributed by atoms with E-state index in [0.29, 0.717) is 23.6 Å². The van der Waals surface area contributed by atoms with Gasteiger partial charge in [-0.05, 0) is 13.3 Å². The van der Waals surface area contributed by atoms with Gasteiger partial charge in [-0.2, -0.15) is 0 Å². The number of nitrogens with two attached hydrogens (primary N) is 1. The second-order valence-corrected chi connectivity index (χ2v) is 7.61. The summed E-state index contributed by atoms with van der Waals surface area (Å²) in [5.41, 5.74) is 6.70. The molecule has 0 saturated carbocycles. The summed E-state index contributed by atoms with van der Waals surface area (Å²) in [6.45, 7) is 3.01. The van der Waals surface area contributed by atoms with Crippen LogP contribution in [0, 0.1) is 0 Å². The maximum atomic E-state index is 10.7. The number of carbonyl (C=O) groups is 1. The van der Waals surface area contributed by atoms with Gasteiger partial charge >= 0.3 is 7.60 Å². The highest BCUT2D eigenvalue weighted by Crippen LogP contribution is 2.34. The Hall–Kier alpha value is -2.07. The lowest BCUT2D eigenvalue weighted by Gasteiger charge is -2.14. The smallest absolute Gasteiger partial charge is 0.350 e. The number of imidazole rings is 1. The molecule has 0 radical (unpaired) electrons. The van der Waals surface area contributed by atoms with Crippen LogP contribution < -0.4 is 5.73 Å². The van der Waals surface area contributed by atoms with Crippen LogP contribution in [-0.2, 0) is 20.6 Å². The van der Waals surface area contributed by atoms with Crippen molar-refractivity contribution in [3.05, 3.63) is 12.7 Å². The highest BCUT2D eigenvalue weighted by Gasteiger charge is 2.17. The quantitative estimate of drug-likeness (QED) is 0.610. The topological polar surface area (TPSA) is 157 Å². The van der Waals surface area contributed by atoms with Crippen LogP contribution in [-0.4, -0.2) is 66.2 Å². The summed E-state index contributed by atoms with van der Waals surface area (Å²) in [5, 5.41) is 0. The van der Waals surface area contributed by atoms with E-state index in [0.717, 1.165) is 19.4 Å². The van der Waals surface area contributed by atoms with Gasteiger partial charge in [0, 0.05) is 20.0 Å². The fourth-order valence-electron chi connectivity index (χ4n) is 2.37. The monoisotopic (exact) mass is 386 g/mol. The van der Waals surface area contributed by atoms with Crippen molar-refractivity contribution in [2.75, 3.05) is 25.7 Å². The van der Waals surface area contributed by atoms with Gasteiger partial charge in [-0.15, -0.1) is 0 Å². The molecule has 1 atom stereocenters. The normalized spacial score (nSPS) is 15.8. The molecule has 0 aliphatic carbocycles. The fraction of sp³-hybridized carbons (Fsp3) is 0.571. The highest BCUT2D eigenvalue weighted by molar-refractivity contribution is 7.51. The number of ether oxygens (including phenoxy) is 1. The predicted octanol–water partition coefficient (Wildman–Crippen LogP) is 0.187. The standard InChI is InChI=1S/C9H14N5O4P.C5H9NO/c1-6(18-5-19(15,16)17)2-14-4-13-7-8(10)11-3-12-9(7)14;1-6-4-2-3-5(6)7/h3-4,6H,2,5H2,1H3,(H2,10,11,12)(H2,15,16,17);2-4H2,1H3. The molecule has 1 fully saturated rings. The predicted molar refractivity (Wildman–Crippen MR) is 94.1 cm³/mol. The van der Waals surface area contributed by atoms with E-state index in [9.17, 15) is 9.36 Å². The molecule has 144 valence electrons. The Morgan fingerprint density at radius 2 is 2.12 bits per heavy atom. The van der Waals surface area contributed by atoms with Crippen LogP contribution in [0.25, 0.3) is 11.2 Å². The van der Waals surface area contributed by atoms with Crippen LogP contribution in [0.4, 0.5) is 5.82 Å². The van der Waals surface area contributed by atoms with Crippen LogP contribution in [0.5, 0.6) is 0 Å². The van der Waals surface area contributed by atoms with Crippen molar-refractivity contribution in [3.8, 4) is 0 Å². The molecule has 2 aromatic rings. The van der Waals surface area contributed by atoms with E-state index in [2.05, 4.69) is 15.0 Å². The average Bonchev–Trinajstić information content (AvgIpc) is 3.13.